The molecule has 0 amide bonds. The Balaban J connectivity index is 2.81. The molecule has 0 aromatic carbocycles. The van der Waals surface area contributed by atoms with Crippen molar-refractivity contribution < 1.29 is 0 Å². The lowest BCUT2D eigenvalue weighted by Crippen LogP contribution is -2.34. The van der Waals surface area contributed by atoms with E-state index in [9.17, 15) is 0 Å². The van der Waals surface area contributed by atoms with E-state index >= 15 is 0 Å². The van der Waals surface area contributed by atoms with Gasteiger partial charge in [0, 0.05) is 23.3 Å². The van der Waals surface area contributed by atoms with Crippen molar-refractivity contribution in [2.75, 3.05) is 6.54 Å². The van der Waals surface area contributed by atoms with Crippen molar-refractivity contribution in [3.8, 4) is 0 Å². The first-order valence-electron chi connectivity index (χ1n) is 6.64. The summed E-state index contributed by atoms with van der Waals surface area (Å²) in [6, 6.07) is 2.49. The van der Waals surface area contributed by atoms with E-state index in [1.165, 1.54) is 0 Å². The van der Waals surface area contributed by atoms with Gasteiger partial charge in [-0.1, -0.05) is 20.8 Å². The molecule has 0 fully saturated rings. The second-order valence-electron chi connectivity index (χ2n) is 4.77. The number of hydrogen-bond acceptors (Lipinski definition) is 3. The Hall–Kier alpha value is -0.960. The molecule has 3 heteroatoms. The van der Waals surface area contributed by atoms with E-state index in [-0.39, 0.29) is 0 Å². The van der Waals surface area contributed by atoms with Gasteiger partial charge in [-0.25, -0.2) is 9.97 Å². The highest BCUT2D eigenvalue weighted by molar-refractivity contribution is 5.11. The van der Waals surface area contributed by atoms with Gasteiger partial charge in [-0.05, 0) is 39.3 Å². The Labute approximate surface area is 105 Å². The topological polar surface area (TPSA) is 37.8 Å². The highest BCUT2D eigenvalue weighted by Crippen LogP contribution is 2.18. The van der Waals surface area contributed by atoms with Crippen LogP contribution in [-0.2, 0) is 0 Å². The zero-order chi connectivity index (χ0) is 12.8. The molecule has 0 aliphatic carbocycles. The number of aromatic nitrogens is 2. The van der Waals surface area contributed by atoms with Gasteiger partial charge in [0.05, 0.1) is 0 Å². The van der Waals surface area contributed by atoms with Crippen LogP contribution in [0.5, 0.6) is 0 Å². The summed E-state index contributed by atoms with van der Waals surface area (Å²) >= 11 is 0. The first kappa shape index (κ1) is 14.1. The third-order valence-corrected chi connectivity index (χ3v) is 3.11. The zero-order valence-electron chi connectivity index (χ0n) is 11.7. The van der Waals surface area contributed by atoms with Gasteiger partial charge in [-0.2, -0.15) is 0 Å². The molecule has 2 atom stereocenters. The van der Waals surface area contributed by atoms with Crippen LogP contribution in [0.15, 0.2) is 6.07 Å². The average Bonchev–Trinajstić information content (AvgIpc) is 2.28. The van der Waals surface area contributed by atoms with E-state index in [1.807, 2.05) is 19.9 Å². The maximum atomic E-state index is 4.56. The van der Waals surface area contributed by atoms with Crippen molar-refractivity contribution in [3.05, 3.63) is 23.3 Å². The predicted molar refractivity (Wildman–Crippen MR) is 72.3 cm³/mol. The molecule has 0 aliphatic rings. The molecule has 1 aromatic rings. The summed E-state index contributed by atoms with van der Waals surface area (Å²) in [5.74, 6) is 1.34. The number of nitrogens with one attached hydrogen (secondary N) is 1. The molecule has 1 heterocycles. The molecular weight excluding hydrogens is 210 g/mol. The second-order valence-corrected chi connectivity index (χ2v) is 4.77. The van der Waals surface area contributed by atoms with Crippen LogP contribution in [0.2, 0.25) is 0 Å². The molecule has 17 heavy (non-hydrogen) atoms. The molecule has 0 radical (unpaired) electrons. The normalized spacial score (nSPS) is 14.6. The minimum Gasteiger partial charge on any atom is -0.313 e. The highest BCUT2D eigenvalue weighted by atomic mass is 15.0. The maximum absolute atomic E-state index is 4.56. The fraction of sp³-hybridized carbons (Fsp3) is 0.714. The first-order valence-corrected chi connectivity index (χ1v) is 6.64. The van der Waals surface area contributed by atoms with Crippen LogP contribution in [0.4, 0.5) is 0 Å². The Morgan fingerprint density at radius 1 is 1.18 bits per heavy atom. The smallest absolute Gasteiger partial charge is 0.133 e. The molecule has 0 bridgehead atoms. The van der Waals surface area contributed by atoms with Crippen molar-refractivity contribution >= 4 is 0 Å². The van der Waals surface area contributed by atoms with Gasteiger partial charge < -0.3 is 5.32 Å². The van der Waals surface area contributed by atoms with Gasteiger partial charge in [0.1, 0.15) is 5.82 Å². The van der Waals surface area contributed by atoms with E-state index in [1.54, 1.807) is 0 Å². The summed E-state index contributed by atoms with van der Waals surface area (Å²) in [6.45, 7) is 11.7. The molecule has 96 valence electrons. The quantitative estimate of drug-likeness (QED) is 0.823. The number of aryl methyl sites for hydroxylation is 2. The highest BCUT2D eigenvalue weighted by Gasteiger charge is 2.19. The minimum absolute atomic E-state index is 0.366. The van der Waals surface area contributed by atoms with Crippen molar-refractivity contribution in [3.63, 3.8) is 0 Å². The first-order chi connectivity index (χ1) is 8.08. The van der Waals surface area contributed by atoms with Crippen molar-refractivity contribution in [1.82, 2.24) is 15.3 Å². The molecule has 0 saturated heterocycles. The summed E-state index contributed by atoms with van der Waals surface area (Å²) < 4.78 is 0. The molecule has 1 N–H and O–H groups in total. The van der Waals surface area contributed by atoms with Gasteiger partial charge >= 0.3 is 0 Å². The fourth-order valence-corrected chi connectivity index (χ4v) is 2.14. The fourth-order valence-electron chi connectivity index (χ4n) is 2.14. The van der Waals surface area contributed by atoms with Crippen molar-refractivity contribution in [2.45, 2.75) is 59.4 Å². The van der Waals surface area contributed by atoms with E-state index in [2.05, 4.69) is 36.1 Å². The Morgan fingerprint density at radius 2 is 1.76 bits per heavy atom. The predicted octanol–water partition coefficient (Wildman–Crippen LogP) is 2.98. The van der Waals surface area contributed by atoms with Crippen LogP contribution in [0.3, 0.4) is 0 Å². The third-order valence-electron chi connectivity index (χ3n) is 3.11. The SMILES string of the molecule is CCCNC(CC)C(C)c1nc(C)cc(C)n1. The standard InChI is InChI=1S/C14H25N3/c1-6-8-15-13(7-2)12(5)14-16-10(3)9-11(4)17-14/h9,12-13,15H,6-8H2,1-5H3. The summed E-state index contributed by atoms with van der Waals surface area (Å²) in [6.07, 6.45) is 2.27. The Morgan fingerprint density at radius 3 is 2.24 bits per heavy atom. The van der Waals surface area contributed by atoms with Crippen LogP contribution >= 0.6 is 0 Å². The Kier molecular flexibility index (Phi) is 5.56. The largest absolute Gasteiger partial charge is 0.313 e. The lowest BCUT2D eigenvalue weighted by molar-refractivity contribution is 0.425. The van der Waals surface area contributed by atoms with E-state index in [0.29, 0.717) is 12.0 Å². The second kappa shape index (κ2) is 6.70. The number of rotatable bonds is 6. The number of hydrogen-bond donors (Lipinski definition) is 1. The molecule has 0 spiro atoms. The summed E-state index contributed by atoms with van der Waals surface area (Å²) in [5, 5.41) is 3.58. The van der Waals surface area contributed by atoms with Crippen LogP contribution in [0.1, 0.15) is 56.7 Å². The molecule has 1 rings (SSSR count). The monoisotopic (exact) mass is 235 g/mol. The lowest BCUT2D eigenvalue weighted by atomic mass is 9.98. The molecular formula is C14H25N3. The van der Waals surface area contributed by atoms with Gasteiger partial charge in [0.25, 0.3) is 0 Å². The minimum atomic E-state index is 0.366. The van der Waals surface area contributed by atoms with Gasteiger partial charge in [-0.3, -0.25) is 0 Å². The van der Waals surface area contributed by atoms with E-state index in [4.69, 9.17) is 0 Å². The Bertz CT molecular complexity index is 329. The van der Waals surface area contributed by atoms with Gasteiger partial charge in [0.2, 0.25) is 0 Å². The summed E-state index contributed by atoms with van der Waals surface area (Å²) in [5.41, 5.74) is 2.12. The molecule has 0 aliphatic heterocycles. The van der Waals surface area contributed by atoms with Crippen molar-refractivity contribution in [1.29, 1.82) is 0 Å². The maximum Gasteiger partial charge on any atom is 0.133 e. The van der Waals surface area contributed by atoms with Crippen LogP contribution in [0.25, 0.3) is 0 Å². The third kappa shape index (κ3) is 4.08. The molecule has 0 saturated carbocycles. The average molecular weight is 235 g/mol. The van der Waals surface area contributed by atoms with E-state index in [0.717, 1.165) is 36.6 Å². The van der Waals surface area contributed by atoms with Crippen LogP contribution < -0.4 is 5.32 Å². The van der Waals surface area contributed by atoms with Gasteiger partial charge in [0.15, 0.2) is 0 Å². The van der Waals surface area contributed by atoms with Crippen molar-refractivity contribution in [2.24, 2.45) is 0 Å². The molecule has 3 nitrogen and oxygen atoms in total. The van der Waals surface area contributed by atoms with Crippen LogP contribution in [-0.4, -0.2) is 22.6 Å². The lowest BCUT2D eigenvalue weighted by Gasteiger charge is -2.23. The number of nitrogens with zero attached hydrogens (tertiary/aromatic N) is 2. The molecule has 1 aromatic heterocycles. The van der Waals surface area contributed by atoms with E-state index < -0.39 is 0 Å². The molecule has 2 unspecified atom stereocenters. The van der Waals surface area contributed by atoms with Gasteiger partial charge in [-0.15, -0.1) is 0 Å². The summed E-state index contributed by atoms with van der Waals surface area (Å²) in [4.78, 5) is 9.12. The zero-order valence-corrected chi connectivity index (χ0v) is 11.7. The van der Waals surface area contributed by atoms with Crippen LogP contribution in [0, 0.1) is 13.8 Å². The summed E-state index contributed by atoms with van der Waals surface area (Å²) in [7, 11) is 0.